The molecule has 8 nitrogen and oxygen atoms in total. The Morgan fingerprint density at radius 3 is 2.64 bits per heavy atom. The second-order valence-electron chi connectivity index (χ2n) is 5.65. The van der Waals surface area contributed by atoms with Gasteiger partial charge in [-0.1, -0.05) is 6.07 Å². The standard InChI is InChI=1S/C18H18BrN3O5S/c1-11-3-5-13(22(24)25)10-15(11)20-18(28)21-17(23)12-4-6-16(14(19)9-12)27-8-7-26-2/h3-6,9-10H,7-8H2,1-2H3,(H2,20,21,23,28). The van der Waals surface area contributed by atoms with Crippen LogP contribution < -0.4 is 15.4 Å². The molecule has 28 heavy (non-hydrogen) atoms. The summed E-state index contributed by atoms with van der Waals surface area (Å²) < 4.78 is 11.1. The highest BCUT2D eigenvalue weighted by Gasteiger charge is 2.13. The Labute approximate surface area is 175 Å². The lowest BCUT2D eigenvalue weighted by Gasteiger charge is -2.12. The molecule has 0 fully saturated rings. The number of hydrogen-bond acceptors (Lipinski definition) is 6. The number of methoxy groups -OCH3 is 1. The van der Waals surface area contributed by atoms with E-state index in [0.29, 0.717) is 34.7 Å². The van der Waals surface area contributed by atoms with Gasteiger partial charge in [0.05, 0.1) is 16.0 Å². The summed E-state index contributed by atoms with van der Waals surface area (Å²) in [5, 5.41) is 16.3. The molecule has 0 bridgehead atoms. The number of hydrogen-bond donors (Lipinski definition) is 2. The van der Waals surface area contributed by atoms with Crippen molar-refractivity contribution in [2.75, 3.05) is 25.6 Å². The van der Waals surface area contributed by atoms with Gasteiger partial charge in [0.15, 0.2) is 5.11 Å². The van der Waals surface area contributed by atoms with E-state index in [0.717, 1.165) is 5.56 Å². The third-order valence-corrected chi connectivity index (χ3v) is 4.47. The van der Waals surface area contributed by atoms with Crippen molar-refractivity contribution in [1.29, 1.82) is 0 Å². The molecule has 1 amide bonds. The smallest absolute Gasteiger partial charge is 0.271 e. The molecule has 148 valence electrons. The number of benzene rings is 2. The van der Waals surface area contributed by atoms with E-state index in [2.05, 4.69) is 26.6 Å². The van der Waals surface area contributed by atoms with E-state index < -0.39 is 10.8 Å². The number of aryl methyl sites for hydroxylation is 1. The number of ether oxygens (including phenoxy) is 2. The van der Waals surface area contributed by atoms with E-state index in [-0.39, 0.29) is 10.8 Å². The molecule has 0 saturated carbocycles. The molecule has 0 aliphatic carbocycles. The van der Waals surface area contributed by atoms with Gasteiger partial charge in [0.2, 0.25) is 0 Å². The first kappa shape index (κ1) is 21.7. The average Bonchev–Trinajstić information content (AvgIpc) is 2.64. The second kappa shape index (κ2) is 10.1. The van der Waals surface area contributed by atoms with Gasteiger partial charge in [-0.15, -0.1) is 0 Å². The van der Waals surface area contributed by atoms with Crippen molar-refractivity contribution < 1.29 is 19.2 Å². The first-order chi connectivity index (χ1) is 13.3. The molecule has 2 rings (SSSR count). The maximum atomic E-state index is 12.4. The molecule has 0 aliphatic rings. The minimum Gasteiger partial charge on any atom is -0.490 e. The average molecular weight is 468 g/mol. The van der Waals surface area contributed by atoms with E-state index >= 15 is 0 Å². The molecule has 0 unspecified atom stereocenters. The molecule has 0 radical (unpaired) electrons. The van der Waals surface area contributed by atoms with Crippen LogP contribution in [-0.2, 0) is 4.74 Å². The largest absolute Gasteiger partial charge is 0.490 e. The number of nitrogens with one attached hydrogen (secondary N) is 2. The summed E-state index contributed by atoms with van der Waals surface area (Å²) >= 11 is 8.51. The van der Waals surface area contributed by atoms with Gasteiger partial charge in [-0.05, 0) is 58.8 Å². The predicted octanol–water partition coefficient (Wildman–Crippen LogP) is 3.82. The van der Waals surface area contributed by atoms with Crippen LogP contribution in [-0.4, -0.2) is 36.3 Å². The van der Waals surface area contributed by atoms with Gasteiger partial charge in [-0.25, -0.2) is 0 Å². The molecule has 2 aromatic carbocycles. The van der Waals surface area contributed by atoms with Gasteiger partial charge in [-0.2, -0.15) is 0 Å². The van der Waals surface area contributed by atoms with Gasteiger partial charge in [0.25, 0.3) is 11.6 Å². The van der Waals surface area contributed by atoms with E-state index in [4.69, 9.17) is 21.7 Å². The number of rotatable bonds is 7. The highest BCUT2D eigenvalue weighted by Crippen LogP contribution is 2.26. The van der Waals surface area contributed by atoms with E-state index in [1.807, 2.05) is 0 Å². The van der Waals surface area contributed by atoms with E-state index in [1.165, 1.54) is 12.1 Å². The van der Waals surface area contributed by atoms with Gasteiger partial charge >= 0.3 is 0 Å². The summed E-state index contributed by atoms with van der Waals surface area (Å²) in [6, 6.07) is 9.23. The number of carbonyl (C=O) groups excluding carboxylic acids is 1. The molecule has 0 saturated heterocycles. The highest BCUT2D eigenvalue weighted by molar-refractivity contribution is 9.10. The van der Waals surface area contributed by atoms with Crippen LogP contribution in [0.1, 0.15) is 15.9 Å². The molecule has 0 aromatic heterocycles. The zero-order valence-corrected chi connectivity index (χ0v) is 17.6. The van der Waals surface area contributed by atoms with Crippen LogP contribution in [0.4, 0.5) is 11.4 Å². The Kier molecular flexibility index (Phi) is 7.85. The second-order valence-corrected chi connectivity index (χ2v) is 6.91. The molecule has 10 heteroatoms. The number of nitro benzene ring substituents is 1. The number of thiocarbonyl (C=S) groups is 1. The normalized spacial score (nSPS) is 10.2. The first-order valence-corrected chi connectivity index (χ1v) is 9.30. The van der Waals surface area contributed by atoms with Crippen LogP contribution in [0, 0.1) is 17.0 Å². The summed E-state index contributed by atoms with van der Waals surface area (Å²) in [6.45, 7) is 2.61. The summed E-state index contributed by atoms with van der Waals surface area (Å²) in [5.74, 6) is 0.159. The van der Waals surface area contributed by atoms with Crippen molar-refractivity contribution >= 4 is 50.5 Å². The Morgan fingerprint density at radius 2 is 2.00 bits per heavy atom. The fourth-order valence-electron chi connectivity index (χ4n) is 2.18. The quantitative estimate of drug-likeness (QED) is 0.276. The molecule has 2 N–H and O–H groups in total. The zero-order chi connectivity index (χ0) is 20.7. The molecular formula is C18H18BrN3O5S. The monoisotopic (exact) mass is 467 g/mol. The lowest BCUT2D eigenvalue weighted by Crippen LogP contribution is -2.34. The number of nitrogens with zero attached hydrogens (tertiary/aromatic N) is 1. The first-order valence-electron chi connectivity index (χ1n) is 8.10. The Bertz CT molecular complexity index is 907. The van der Waals surface area contributed by atoms with Crippen LogP contribution in [0.15, 0.2) is 40.9 Å². The lowest BCUT2D eigenvalue weighted by atomic mass is 10.2. The van der Waals surface area contributed by atoms with E-state index in [9.17, 15) is 14.9 Å². The van der Waals surface area contributed by atoms with Gasteiger partial charge in [-0.3, -0.25) is 20.2 Å². The number of amides is 1. The minimum absolute atomic E-state index is 0.0325. The SMILES string of the molecule is COCCOc1ccc(C(=O)NC(=S)Nc2cc([N+](=O)[O-])ccc2C)cc1Br. The third kappa shape index (κ3) is 5.98. The van der Waals surface area contributed by atoms with Crippen molar-refractivity contribution in [2.45, 2.75) is 6.92 Å². The fourth-order valence-corrected chi connectivity index (χ4v) is 2.88. The molecule has 0 spiro atoms. The number of carbonyl (C=O) groups is 1. The molecule has 0 aliphatic heterocycles. The van der Waals surface area contributed by atoms with Crippen molar-refractivity contribution in [3.8, 4) is 5.75 Å². The van der Waals surface area contributed by atoms with Crippen molar-refractivity contribution in [3.05, 3.63) is 62.1 Å². The number of halogens is 1. The lowest BCUT2D eigenvalue weighted by molar-refractivity contribution is -0.384. The molecule has 0 heterocycles. The Balaban J connectivity index is 2.02. The highest BCUT2D eigenvalue weighted by atomic mass is 79.9. The van der Waals surface area contributed by atoms with Crippen LogP contribution in [0.5, 0.6) is 5.75 Å². The minimum atomic E-state index is -0.500. The van der Waals surface area contributed by atoms with Crippen molar-refractivity contribution in [3.63, 3.8) is 0 Å². The number of anilines is 1. The van der Waals surface area contributed by atoms with Crippen LogP contribution >= 0.6 is 28.1 Å². The summed E-state index contributed by atoms with van der Waals surface area (Å²) in [5.41, 5.74) is 1.49. The van der Waals surface area contributed by atoms with Crippen LogP contribution in [0.3, 0.4) is 0 Å². The molecular weight excluding hydrogens is 450 g/mol. The van der Waals surface area contributed by atoms with Crippen LogP contribution in [0.25, 0.3) is 0 Å². The van der Waals surface area contributed by atoms with Crippen molar-refractivity contribution in [1.82, 2.24) is 5.32 Å². The zero-order valence-electron chi connectivity index (χ0n) is 15.2. The summed E-state index contributed by atoms with van der Waals surface area (Å²) in [6.07, 6.45) is 0. The topological polar surface area (TPSA) is 103 Å². The third-order valence-electron chi connectivity index (χ3n) is 3.65. The van der Waals surface area contributed by atoms with Crippen LogP contribution in [0.2, 0.25) is 0 Å². The Hall–Kier alpha value is -2.56. The van der Waals surface area contributed by atoms with E-state index in [1.54, 1.807) is 38.3 Å². The van der Waals surface area contributed by atoms with Crippen molar-refractivity contribution in [2.24, 2.45) is 0 Å². The predicted molar refractivity (Wildman–Crippen MR) is 113 cm³/mol. The number of nitro groups is 1. The fraction of sp³-hybridized carbons (Fsp3) is 0.222. The molecule has 0 atom stereocenters. The maximum Gasteiger partial charge on any atom is 0.271 e. The Morgan fingerprint density at radius 1 is 1.25 bits per heavy atom. The van der Waals surface area contributed by atoms with Gasteiger partial charge in [0, 0.05) is 30.5 Å². The van der Waals surface area contributed by atoms with Gasteiger partial charge in [0.1, 0.15) is 12.4 Å². The maximum absolute atomic E-state index is 12.4. The summed E-state index contributed by atoms with van der Waals surface area (Å²) in [7, 11) is 1.58. The molecule has 2 aromatic rings. The number of non-ortho nitro benzene ring substituents is 1. The summed E-state index contributed by atoms with van der Waals surface area (Å²) in [4.78, 5) is 22.8. The van der Waals surface area contributed by atoms with Gasteiger partial charge < -0.3 is 14.8 Å².